The summed E-state index contributed by atoms with van der Waals surface area (Å²) in [7, 11) is 0. The number of aliphatic carboxylic acids is 1. The van der Waals surface area contributed by atoms with Crippen LogP contribution in [0.5, 0.6) is 0 Å². The first kappa shape index (κ1) is 22.2. The predicted octanol–water partition coefficient (Wildman–Crippen LogP) is -0.216. The molecule has 4 nitrogen and oxygen atoms in total. The van der Waals surface area contributed by atoms with Gasteiger partial charge in [-0.3, -0.25) is 4.79 Å². The van der Waals surface area contributed by atoms with E-state index in [9.17, 15) is 19.8 Å². The van der Waals surface area contributed by atoms with Gasteiger partial charge in [-0.25, -0.2) is 0 Å². The van der Waals surface area contributed by atoms with Crippen LogP contribution in [0.15, 0.2) is 11.6 Å². The van der Waals surface area contributed by atoms with Crippen molar-refractivity contribution >= 4 is 11.8 Å². The Balaban J connectivity index is 0.00000210. The molecule has 0 amide bonds. The van der Waals surface area contributed by atoms with E-state index >= 15 is 0 Å². The average molecular weight is 399 g/mol. The van der Waals surface area contributed by atoms with Crippen molar-refractivity contribution in [2.45, 2.75) is 83.7 Å². The van der Waals surface area contributed by atoms with Crippen LogP contribution in [0.2, 0.25) is 0 Å². The molecule has 0 bridgehead atoms. The zero-order chi connectivity index (χ0) is 18.7. The van der Waals surface area contributed by atoms with E-state index in [4.69, 9.17) is 0 Å². The molecule has 3 fully saturated rings. The fourth-order valence-corrected chi connectivity index (χ4v) is 7.39. The topological polar surface area (TPSA) is 77.4 Å². The fraction of sp³-hybridized carbons (Fsp3) is 0.818. The van der Waals surface area contributed by atoms with Gasteiger partial charge in [0, 0.05) is 12.4 Å². The van der Waals surface area contributed by atoms with Crippen molar-refractivity contribution in [2.24, 2.45) is 28.6 Å². The molecular formula is C22H31KO4. The molecule has 6 atom stereocenters. The Labute approximate surface area is 205 Å². The van der Waals surface area contributed by atoms with E-state index < -0.39 is 11.6 Å². The molecule has 0 aromatic heterocycles. The number of ketones is 1. The standard InChI is InChI=1S/C22H32O4.K/c1-20-9-5-15(23)13-14(20)3-4-16-17(20)6-10-21(2)18(16)7-11-22(21,26)12-8-19(24)25;/h13,16-18,26H,3-12H2,1-2H3,(H,24,25);/q;+1/p-1/t16?,17?,18?,20-,21-,22+;/m0./s1. The van der Waals surface area contributed by atoms with Gasteiger partial charge in [-0.2, -0.15) is 0 Å². The minimum absolute atomic E-state index is 0. The van der Waals surface area contributed by atoms with E-state index in [1.807, 2.05) is 6.08 Å². The number of carbonyl (C=O) groups is 2. The third-order valence-electron chi connectivity index (χ3n) is 9.03. The van der Waals surface area contributed by atoms with E-state index in [-0.39, 0.29) is 74.4 Å². The molecule has 5 heteroatoms. The second kappa shape index (κ2) is 7.62. The minimum Gasteiger partial charge on any atom is -0.550 e. The van der Waals surface area contributed by atoms with Crippen molar-refractivity contribution in [1.29, 1.82) is 0 Å². The summed E-state index contributed by atoms with van der Waals surface area (Å²) in [5, 5.41) is 22.3. The monoisotopic (exact) mass is 398 g/mol. The quantitative estimate of drug-likeness (QED) is 0.667. The first-order valence-electron chi connectivity index (χ1n) is 10.4. The first-order valence-corrected chi connectivity index (χ1v) is 10.4. The molecule has 27 heavy (non-hydrogen) atoms. The van der Waals surface area contributed by atoms with Gasteiger partial charge in [-0.05, 0) is 92.4 Å². The van der Waals surface area contributed by atoms with Crippen LogP contribution < -0.4 is 56.5 Å². The third kappa shape index (κ3) is 3.38. The average Bonchev–Trinajstić information content (AvgIpc) is 2.86. The predicted molar refractivity (Wildman–Crippen MR) is 95.9 cm³/mol. The molecular weight excluding hydrogens is 367 g/mol. The number of fused-ring (bicyclic) bond motifs is 5. The number of carbonyl (C=O) groups excluding carboxylic acids is 2. The first-order chi connectivity index (χ1) is 12.2. The summed E-state index contributed by atoms with van der Waals surface area (Å²) in [6.45, 7) is 4.57. The van der Waals surface area contributed by atoms with Gasteiger partial charge in [-0.1, -0.05) is 19.4 Å². The molecule has 0 aromatic carbocycles. The molecule has 4 rings (SSSR count). The molecule has 0 heterocycles. The summed E-state index contributed by atoms with van der Waals surface area (Å²) in [4.78, 5) is 22.9. The van der Waals surface area contributed by atoms with E-state index in [1.54, 1.807) is 0 Å². The van der Waals surface area contributed by atoms with Gasteiger partial charge in [0.05, 0.1) is 5.60 Å². The van der Waals surface area contributed by atoms with Crippen LogP contribution in [0.1, 0.15) is 78.1 Å². The molecule has 144 valence electrons. The molecule has 3 saturated carbocycles. The van der Waals surface area contributed by atoms with Crippen LogP contribution in [0.25, 0.3) is 0 Å². The van der Waals surface area contributed by atoms with Crippen LogP contribution in [-0.4, -0.2) is 22.5 Å². The smallest absolute Gasteiger partial charge is 0.550 e. The number of aliphatic hydroxyl groups is 1. The number of hydrogen-bond acceptors (Lipinski definition) is 4. The van der Waals surface area contributed by atoms with Gasteiger partial charge < -0.3 is 15.0 Å². The Hall–Kier alpha value is 0.476. The Kier molecular flexibility index (Phi) is 6.26. The molecule has 1 N–H and O–H groups in total. The summed E-state index contributed by atoms with van der Waals surface area (Å²) in [6.07, 6.45) is 9.68. The number of hydrogen-bond donors (Lipinski definition) is 1. The van der Waals surface area contributed by atoms with E-state index in [2.05, 4.69) is 13.8 Å². The van der Waals surface area contributed by atoms with Crippen molar-refractivity contribution in [3.63, 3.8) is 0 Å². The number of carboxylic acid groups (broad SMARTS) is 1. The second-order valence-corrected chi connectivity index (χ2v) is 9.87. The van der Waals surface area contributed by atoms with Crippen molar-refractivity contribution in [1.82, 2.24) is 0 Å². The summed E-state index contributed by atoms with van der Waals surface area (Å²) in [5.74, 6) is 0.863. The molecule has 0 saturated heterocycles. The Morgan fingerprint density at radius 1 is 1.15 bits per heavy atom. The van der Waals surface area contributed by atoms with Gasteiger partial charge in [0.2, 0.25) is 0 Å². The molecule has 4 aliphatic rings. The SMILES string of the molecule is C[C@]12CCC(=O)C=C1CCC1C2CC[C@@]2(C)C1CC[C@@]2(O)CCC(=O)[O-].[K+]. The van der Waals surface area contributed by atoms with E-state index in [1.165, 1.54) is 5.57 Å². The molecule has 0 spiro atoms. The maximum atomic E-state index is 11.9. The van der Waals surface area contributed by atoms with Crippen LogP contribution in [0.4, 0.5) is 0 Å². The summed E-state index contributed by atoms with van der Waals surface area (Å²) in [5.41, 5.74) is 0.446. The van der Waals surface area contributed by atoms with Gasteiger partial charge in [0.15, 0.2) is 5.78 Å². The Morgan fingerprint density at radius 3 is 2.56 bits per heavy atom. The molecule has 0 aromatic rings. The summed E-state index contributed by atoms with van der Waals surface area (Å²) >= 11 is 0. The number of carboxylic acids is 1. The second-order valence-electron chi connectivity index (χ2n) is 9.87. The largest absolute Gasteiger partial charge is 1.00 e. The Bertz CT molecular complexity index is 673. The molecule has 0 radical (unpaired) electrons. The third-order valence-corrected chi connectivity index (χ3v) is 9.03. The zero-order valence-corrected chi connectivity index (χ0v) is 20.2. The normalized spacial score (nSPS) is 45.8. The summed E-state index contributed by atoms with van der Waals surface area (Å²) in [6, 6.07) is 0. The van der Waals surface area contributed by atoms with E-state index in [0.29, 0.717) is 37.0 Å². The van der Waals surface area contributed by atoms with Gasteiger partial charge in [0.1, 0.15) is 0 Å². The zero-order valence-electron chi connectivity index (χ0n) is 17.1. The van der Waals surface area contributed by atoms with Crippen molar-refractivity contribution in [3.05, 3.63) is 11.6 Å². The van der Waals surface area contributed by atoms with Gasteiger partial charge in [0.25, 0.3) is 0 Å². The minimum atomic E-state index is -1.06. The van der Waals surface area contributed by atoms with Crippen molar-refractivity contribution in [2.75, 3.05) is 0 Å². The van der Waals surface area contributed by atoms with Gasteiger partial charge in [-0.15, -0.1) is 0 Å². The maximum absolute atomic E-state index is 11.9. The van der Waals surface area contributed by atoms with Crippen molar-refractivity contribution < 1.29 is 71.2 Å². The number of allylic oxidation sites excluding steroid dienone is 1. The Morgan fingerprint density at radius 2 is 1.85 bits per heavy atom. The van der Waals surface area contributed by atoms with Crippen LogP contribution in [0, 0.1) is 28.6 Å². The summed E-state index contributed by atoms with van der Waals surface area (Å²) < 4.78 is 0. The molecule has 4 aliphatic carbocycles. The molecule has 0 aliphatic heterocycles. The van der Waals surface area contributed by atoms with Gasteiger partial charge >= 0.3 is 51.4 Å². The molecule has 3 unspecified atom stereocenters. The van der Waals surface area contributed by atoms with Crippen LogP contribution >= 0.6 is 0 Å². The maximum Gasteiger partial charge on any atom is 1.00 e. The fourth-order valence-electron chi connectivity index (χ4n) is 7.39. The van der Waals surface area contributed by atoms with E-state index in [0.717, 1.165) is 38.5 Å². The van der Waals surface area contributed by atoms with Crippen LogP contribution in [0.3, 0.4) is 0 Å². The van der Waals surface area contributed by atoms with Crippen molar-refractivity contribution in [3.8, 4) is 0 Å². The van der Waals surface area contributed by atoms with Crippen LogP contribution in [-0.2, 0) is 9.59 Å². The number of rotatable bonds is 3.